The van der Waals surface area contributed by atoms with Crippen LogP contribution in [0, 0.1) is 0 Å². The molecule has 0 aliphatic carbocycles. The molecule has 0 fully saturated rings. The van der Waals surface area contributed by atoms with E-state index in [1.54, 1.807) is 6.07 Å². The van der Waals surface area contributed by atoms with Gasteiger partial charge in [0.2, 0.25) is 0 Å². The summed E-state index contributed by atoms with van der Waals surface area (Å²) in [6.07, 6.45) is 2.98. The molecule has 2 aromatic rings. The molecular weight excluding hydrogens is 369 g/mol. The predicted octanol–water partition coefficient (Wildman–Crippen LogP) is 4.13. The summed E-state index contributed by atoms with van der Waals surface area (Å²) in [7, 11) is 0. The Labute approximate surface area is 160 Å². The number of pyridine rings is 1. The fraction of sp³-hybridized carbons (Fsp3) is 0.294. The van der Waals surface area contributed by atoms with Gasteiger partial charge in [0, 0.05) is 25.0 Å². The SMILES string of the molecule is CC(C)c1ccc(C(N)CNC(=O)c2ccncc2Cl)cc1.Cl.Cl. The summed E-state index contributed by atoms with van der Waals surface area (Å²) in [6.45, 7) is 4.64. The molecular formula is C17H22Cl3N3O. The zero-order valence-corrected chi connectivity index (χ0v) is 15.9. The minimum absolute atomic E-state index is 0. The first kappa shape index (κ1) is 22.7. The first-order chi connectivity index (χ1) is 10.5. The zero-order valence-electron chi connectivity index (χ0n) is 13.5. The number of nitrogens with one attached hydrogen (secondary N) is 1. The molecule has 0 bridgehead atoms. The highest BCUT2D eigenvalue weighted by atomic mass is 35.5. The van der Waals surface area contributed by atoms with Crippen molar-refractivity contribution in [2.24, 2.45) is 5.73 Å². The van der Waals surface area contributed by atoms with E-state index in [1.807, 2.05) is 12.1 Å². The van der Waals surface area contributed by atoms with Crippen molar-refractivity contribution in [1.29, 1.82) is 0 Å². The van der Waals surface area contributed by atoms with Gasteiger partial charge in [-0.1, -0.05) is 49.7 Å². The highest BCUT2D eigenvalue weighted by Gasteiger charge is 2.12. The number of hydrogen-bond donors (Lipinski definition) is 2. The van der Waals surface area contributed by atoms with Gasteiger partial charge in [-0.2, -0.15) is 0 Å². The van der Waals surface area contributed by atoms with E-state index < -0.39 is 0 Å². The third kappa shape index (κ3) is 5.95. The number of aromatic nitrogens is 1. The van der Waals surface area contributed by atoms with Gasteiger partial charge < -0.3 is 11.1 Å². The molecule has 1 atom stereocenters. The van der Waals surface area contributed by atoms with E-state index in [2.05, 4.69) is 36.3 Å². The lowest BCUT2D eigenvalue weighted by atomic mass is 9.99. The summed E-state index contributed by atoms with van der Waals surface area (Å²) in [4.78, 5) is 15.9. The van der Waals surface area contributed by atoms with Gasteiger partial charge in [-0.15, -0.1) is 24.8 Å². The summed E-state index contributed by atoms with van der Waals surface area (Å²) in [6, 6.07) is 9.48. The Morgan fingerprint density at radius 2 is 1.75 bits per heavy atom. The van der Waals surface area contributed by atoms with Crippen LogP contribution in [0.15, 0.2) is 42.7 Å². The molecule has 0 aliphatic rings. The molecule has 3 N–H and O–H groups in total. The standard InChI is InChI=1S/C17H20ClN3O.2ClH/c1-11(2)12-3-5-13(6-4-12)16(19)10-21-17(22)14-7-8-20-9-15(14)18;;/h3-9,11,16H,10,19H2,1-2H3,(H,21,22);2*1H. The molecule has 1 unspecified atom stereocenters. The number of nitrogens with zero attached hydrogens (tertiary/aromatic N) is 1. The Morgan fingerprint density at radius 1 is 1.17 bits per heavy atom. The number of carbonyl (C=O) groups excluding carboxylic acids is 1. The van der Waals surface area contributed by atoms with Gasteiger partial charge in [0.15, 0.2) is 0 Å². The van der Waals surface area contributed by atoms with Gasteiger partial charge in [0.25, 0.3) is 5.91 Å². The Kier molecular flexibility index (Phi) is 9.93. The topological polar surface area (TPSA) is 68.0 Å². The van der Waals surface area contributed by atoms with Crippen molar-refractivity contribution >= 4 is 42.3 Å². The van der Waals surface area contributed by atoms with Crippen LogP contribution in [0.2, 0.25) is 5.02 Å². The van der Waals surface area contributed by atoms with Crippen LogP contribution in [-0.4, -0.2) is 17.4 Å². The molecule has 24 heavy (non-hydrogen) atoms. The minimum Gasteiger partial charge on any atom is -0.350 e. The Morgan fingerprint density at radius 3 is 2.29 bits per heavy atom. The van der Waals surface area contributed by atoms with E-state index in [-0.39, 0.29) is 36.8 Å². The van der Waals surface area contributed by atoms with Gasteiger partial charge >= 0.3 is 0 Å². The Hall–Kier alpha value is -1.33. The summed E-state index contributed by atoms with van der Waals surface area (Å²) in [5.41, 5.74) is 8.79. The molecule has 1 amide bonds. The maximum atomic E-state index is 12.1. The van der Waals surface area contributed by atoms with Gasteiger partial charge in [-0.05, 0) is 23.1 Å². The molecule has 0 radical (unpaired) electrons. The van der Waals surface area contributed by atoms with Crippen LogP contribution in [0.3, 0.4) is 0 Å². The molecule has 4 nitrogen and oxygen atoms in total. The number of hydrogen-bond acceptors (Lipinski definition) is 3. The van der Waals surface area contributed by atoms with Crippen LogP contribution in [-0.2, 0) is 0 Å². The lowest BCUT2D eigenvalue weighted by Gasteiger charge is -2.15. The quantitative estimate of drug-likeness (QED) is 0.806. The average molecular weight is 391 g/mol. The van der Waals surface area contributed by atoms with Crippen molar-refractivity contribution in [1.82, 2.24) is 10.3 Å². The van der Waals surface area contributed by atoms with Crippen molar-refractivity contribution in [2.75, 3.05) is 6.54 Å². The second-order valence-corrected chi connectivity index (χ2v) is 5.90. The molecule has 0 spiro atoms. The highest BCUT2D eigenvalue weighted by Crippen LogP contribution is 2.18. The largest absolute Gasteiger partial charge is 0.350 e. The maximum absolute atomic E-state index is 12.1. The smallest absolute Gasteiger partial charge is 0.252 e. The van der Waals surface area contributed by atoms with E-state index in [9.17, 15) is 4.79 Å². The second kappa shape index (κ2) is 10.5. The monoisotopic (exact) mass is 389 g/mol. The molecule has 1 heterocycles. The van der Waals surface area contributed by atoms with E-state index in [0.717, 1.165) is 5.56 Å². The lowest BCUT2D eigenvalue weighted by Crippen LogP contribution is -2.32. The van der Waals surface area contributed by atoms with Crippen LogP contribution in [0.4, 0.5) is 0 Å². The average Bonchev–Trinajstić information content (AvgIpc) is 2.52. The van der Waals surface area contributed by atoms with Crippen LogP contribution in [0.5, 0.6) is 0 Å². The zero-order chi connectivity index (χ0) is 16.1. The molecule has 0 saturated heterocycles. The van der Waals surface area contributed by atoms with Crippen LogP contribution < -0.4 is 11.1 Å². The summed E-state index contributed by atoms with van der Waals surface area (Å²) >= 11 is 5.94. The van der Waals surface area contributed by atoms with Crippen molar-refractivity contribution in [3.05, 3.63) is 64.4 Å². The van der Waals surface area contributed by atoms with E-state index in [0.29, 0.717) is 23.0 Å². The first-order valence-electron chi connectivity index (χ1n) is 7.22. The normalized spacial score (nSPS) is 11.2. The van der Waals surface area contributed by atoms with E-state index in [1.165, 1.54) is 18.0 Å². The lowest BCUT2D eigenvalue weighted by molar-refractivity contribution is 0.0951. The van der Waals surface area contributed by atoms with Crippen LogP contribution in [0.25, 0.3) is 0 Å². The second-order valence-electron chi connectivity index (χ2n) is 5.49. The fourth-order valence-electron chi connectivity index (χ4n) is 2.10. The number of nitrogens with two attached hydrogens (primary N) is 1. The molecule has 0 saturated carbocycles. The highest BCUT2D eigenvalue weighted by molar-refractivity contribution is 6.33. The van der Waals surface area contributed by atoms with Crippen molar-refractivity contribution < 1.29 is 4.79 Å². The molecule has 2 rings (SSSR count). The third-order valence-electron chi connectivity index (χ3n) is 3.53. The van der Waals surface area contributed by atoms with Crippen molar-refractivity contribution in [3.8, 4) is 0 Å². The molecule has 1 aromatic heterocycles. The summed E-state index contributed by atoms with van der Waals surface area (Å²) in [5, 5.41) is 3.13. The molecule has 0 aliphatic heterocycles. The molecule has 132 valence electrons. The van der Waals surface area contributed by atoms with Gasteiger partial charge in [0.1, 0.15) is 0 Å². The van der Waals surface area contributed by atoms with Gasteiger partial charge in [0.05, 0.1) is 10.6 Å². The fourth-order valence-corrected chi connectivity index (χ4v) is 2.31. The third-order valence-corrected chi connectivity index (χ3v) is 3.83. The van der Waals surface area contributed by atoms with Crippen LogP contribution in [0.1, 0.15) is 47.3 Å². The van der Waals surface area contributed by atoms with Crippen molar-refractivity contribution in [2.45, 2.75) is 25.8 Å². The number of halogens is 3. The van der Waals surface area contributed by atoms with E-state index in [4.69, 9.17) is 17.3 Å². The summed E-state index contributed by atoms with van der Waals surface area (Å²) < 4.78 is 0. The van der Waals surface area contributed by atoms with Gasteiger partial charge in [-0.25, -0.2) is 0 Å². The number of benzene rings is 1. The van der Waals surface area contributed by atoms with Gasteiger partial charge in [-0.3, -0.25) is 9.78 Å². The van der Waals surface area contributed by atoms with Crippen LogP contribution >= 0.6 is 36.4 Å². The van der Waals surface area contributed by atoms with E-state index >= 15 is 0 Å². The molecule has 7 heteroatoms. The number of amides is 1. The number of carbonyl (C=O) groups is 1. The predicted molar refractivity (Wildman–Crippen MR) is 104 cm³/mol. The first-order valence-corrected chi connectivity index (χ1v) is 7.60. The Balaban J connectivity index is 0.00000264. The Bertz CT molecular complexity index is 648. The maximum Gasteiger partial charge on any atom is 0.252 e. The molecule has 1 aromatic carbocycles. The summed E-state index contributed by atoms with van der Waals surface area (Å²) in [5.74, 6) is 0.237. The van der Waals surface area contributed by atoms with Crippen molar-refractivity contribution in [3.63, 3.8) is 0 Å². The number of rotatable bonds is 5. The minimum atomic E-state index is -0.259.